The van der Waals surface area contributed by atoms with Crippen LogP contribution in [-0.2, 0) is 19.1 Å². The summed E-state index contributed by atoms with van der Waals surface area (Å²) < 4.78 is 11.1. The van der Waals surface area contributed by atoms with Crippen molar-refractivity contribution >= 4 is 11.9 Å². The molecule has 3 aliphatic heterocycles. The summed E-state index contributed by atoms with van der Waals surface area (Å²) in [4.78, 5) is 26.8. The molecule has 1 fully saturated rings. The molecule has 0 bridgehead atoms. The Morgan fingerprint density at radius 3 is 2.88 bits per heavy atom. The van der Waals surface area contributed by atoms with Gasteiger partial charge in [0, 0.05) is 19.2 Å². The normalized spacial score (nSPS) is 38.1. The minimum atomic E-state index is -1.60. The number of hydrogen-bond donors (Lipinski definition) is 1. The summed E-state index contributed by atoms with van der Waals surface area (Å²) in [7, 11) is 0. The number of nitrogens with zero attached hydrogens (tertiary/aromatic N) is 1. The second kappa shape index (κ2) is 6.33. The maximum absolute atomic E-state index is 12.4. The van der Waals surface area contributed by atoms with Crippen LogP contribution in [0.15, 0.2) is 23.3 Å². The summed E-state index contributed by atoms with van der Waals surface area (Å²) in [5.74, 6) is -1.35. The number of esters is 2. The Morgan fingerprint density at radius 2 is 2.12 bits per heavy atom. The molecule has 0 radical (unpaired) electrons. The minimum Gasteiger partial charge on any atom is -0.459 e. The van der Waals surface area contributed by atoms with Gasteiger partial charge in [0.25, 0.3) is 0 Å². The predicted molar refractivity (Wildman–Crippen MR) is 87.1 cm³/mol. The SMILES string of the molecule is CC1=CC(=O)O[C@H]2CCN3CC=C(COC(=O)[C@](C)(O)[C@H](C)C1)[C@H]23. The fourth-order valence-electron chi connectivity index (χ4n) is 3.75. The van der Waals surface area contributed by atoms with Gasteiger partial charge in [0.2, 0.25) is 0 Å². The summed E-state index contributed by atoms with van der Waals surface area (Å²) in [6, 6.07) is -0.0291. The van der Waals surface area contributed by atoms with Gasteiger partial charge in [-0.1, -0.05) is 18.6 Å². The van der Waals surface area contributed by atoms with E-state index in [9.17, 15) is 14.7 Å². The molecule has 6 nitrogen and oxygen atoms in total. The van der Waals surface area contributed by atoms with Crippen LogP contribution in [0, 0.1) is 5.92 Å². The molecule has 0 aromatic rings. The van der Waals surface area contributed by atoms with Crippen molar-refractivity contribution in [1.29, 1.82) is 0 Å². The van der Waals surface area contributed by atoms with Gasteiger partial charge < -0.3 is 14.6 Å². The number of carbonyl (C=O) groups is 2. The zero-order valence-electron chi connectivity index (χ0n) is 14.4. The van der Waals surface area contributed by atoms with Crippen LogP contribution in [0.2, 0.25) is 0 Å². The molecule has 0 aromatic carbocycles. The Morgan fingerprint density at radius 1 is 1.38 bits per heavy atom. The first-order valence-corrected chi connectivity index (χ1v) is 8.49. The second-order valence-electron chi connectivity index (χ2n) is 7.30. The monoisotopic (exact) mass is 335 g/mol. The van der Waals surface area contributed by atoms with Crippen molar-refractivity contribution in [3.8, 4) is 0 Å². The zero-order chi connectivity index (χ0) is 17.5. The number of aliphatic hydroxyl groups is 1. The minimum absolute atomic E-state index is 0.0291. The third-order valence-electron chi connectivity index (χ3n) is 5.42. The summed E-state index contributed by atoms with van der Waals surface area (Å²) in [5, 5.41) is 10.6. The molecule has 0 saturated carbocycles. The molecule has 4 atom stereocenters. The van der Waals surface area contributed by atoms with Crippen molar-refractivity contribution in [2.24, 2.45) is 5.92 Å². The quantitative estimate of drug-likeness (QED) is 0.529. The number of cyclic esters (lactones) is 1. The second-order valence-corrected chi connectivity index (χ2v) is 7.30. The Hall–Kier alpha value is -1.66. The fraction of sp³-hybridized carbons (Fsp3) is 0.667. The van der Waals surface area contributed by atoms with Crippen molar-refractivity contribution < 1.29 is 24.2 Å². The maximum Gasteiger partial charge on any atom is 0.338 e. The third-order valence-corrected chi connectivity index (χ3v) is 5.42. The van der Waals surface area contributed by atoms with Crippen LogP contribution in [0.4, 0.5) is 0 Å². The van der Waals surface area contributed by atoms with E-state index in [0.717, 1.165) is 30.7 Å². The van der Waals surface area contributed by atoms with Gasteiger partial charge in [0.15, 0.2) is 5.60 Å². The van der Waals surface area contributed by atoms with E-state index < -0.39 is 11.6 Å². The molecule has 24 heavy (non-hydrogen) atoms. The molecule has 0 aliphatic carbocycles. The molecule has 1 N–H and O–H groups in total. The zero-order valence-corrected chi connectivity index (χ0v) is 14.4. The smallest absolute Gasteiger partial charge is 0.338 e. The molecule has 1 saturated heterocycles. The van der Waals surface area contributed by atoms with Crippen LogP contribution in [0.25, 0.3) is 0 Å². The lowest BCUT2D eigenvalue weighted by Gasteiger charge is -2.28. The Kier molecular flexibility index (Phi) is 4.53. The van der Waals surface area contributed by atoms with Crippen molar-refractivity contribution in [3.63, 3.8) is 0 Å². The number of rotatable bonds is 0. The summed E-state index contributed by atoms with van der Waals surface area (Å²) in [6.45, 7) is 6.80. The first-order valence-electron chi connectivity index (χ1n) is 8.49. The van der Waals surface area contributed by atoms with Crippen LogP contribution >= 0.6 is 0 Å². The lowest BCUT2D eigenvalue weighted by molar-refractivity contribution is -0.168. The molecule has 3 rings (SSSR count). The Labute approximate surface area is 142 Å². The molecular formula is C18H25NO5. The van der Waals surface area contributed by atoms with E-state index in [-0.39, 0.29) is 30.6 Å². The van der Waals surface area contributed by atoms with E-state index in [0.29, 0.717) is 6.42 Å². The van der Waals surface area contributed by atoms with Gasteiger partial charge in [-0.15, -0.1) is 0 Å². The number of allylic oxidation sites excluding steroid dienone is 1. The van der Waals surface area contributed by atoms with E-state index in [1.165, 1.54) is 13.0 Å². The van der Waals surface area contributed by atoms with Crippen LogP contribution in [-0.4, -0.2) is 59.4 Å². The highest BCUT2D eigenvalue weighted by Gasteiger charge is 2.43. The highest BCUT2D eigenvalue weighted by molar-refractivity contribution is 5.83. The molecule has 0 amide bonds. The average molecular weight is 335 g/mol. The summed E-state index contributed by atoms with van der Waals surface area (Å²) in [6.07, 6.45) is 4.48. The van der Waals surface area contributed by atoms with Gasteiger partial charge in [-0.2, -0.15) is 0 Å². The Bertz CT molecular complexity index is 607. The first kappa shape index (κ1) is 17.2. The Balaban J connectivity index is 1.88. The topological polar surface area (TPSA) is 76.1 Å². The largest absolute Gasteiger partial charge is 0.459 e. The van der Waals surface area contributed by atoms with Crippen LogP contribution in [0.1, 0.15) is 33.6 Å². The molecule has 0 aromatic heterocycles. The van der Waals surface area contributed by atoms with Crippen LogP contribution in [0.3, 0.4) is 0 Å². The van der Waals surface area contributed by atoms with Gasteiger partial charge in [0.1, 0.15) is 12.7 Å². The van der Waals surface area contributed by atoms with Gasteiger partial charge >= 0.3 is 11.9 Å². The van der Waals surface area contributed by atoms with Crippen molar-refractivity contribution in [2.45, 2.75) is 51.4 Å². The fourth-order valence-corrected chi connectivity index (χ4v) is 3.75. The van der Waals surface area contributed by atoms with Gasteiger partial charge in [-0.25, -0.2) is 9.59 Å². The molecule has 3 heterocycles. The van der Waals surface area contributed by atoms with E-state index >= 15 is 0 Å². The van der Waals surface area contributed by atoms with Crippen molar-refractivity contribution in [1.82, 2.24) is 4.90 Å². The van der Waals surface area contributed by atoms with E-state index in [4.69, 9.17) is 9.47 Å². The van der Waals surface area contributed by atoms with Gasteiger partial charge in [-0.3, -0.25) is 4.90 Å². The van der Waals surface area contributed by atoms with Gasteiger partial charge in [-0.05, 0) is 38.2 Å². The standard InChI is InChI=1S/C18H25NO5/c1-11-8-12(2)18(3,22)17(21)23-10-13-4-6-19-7-5-14(16(13)19)24-15(20)9-11/h4,9,12,14,16,22H,5-8,10H2,1-3H3/t12-,14+,16-,18-/m1/s1. The maximum atomic E-state index is 12.4. The highest BCUT2D eigenvalue weighted by Crippen LogP contribution is 2.33. The highest BCUT2D eigenvalue weighted by atomic mass is 16.6. The van der Waals surface area contributed by atoms with E-state index in [1.54, 1.807) is 13.8 Å². The predicted octanol–water partition coefficient (Wildman–Crippen LogP) is 1.19. The molecule has 6 heteroatoms. The van der Waals surface area contributed by atoms with Crippen LogP contribution in [0.5, 0.6) is 0 Å². The van der Waals surface area contributed by atoms with E-state index in [2.05, 4.69) is 4.90 Å². The third kappa shape index (κ3) is 3.13. The van der Waals surface area contributed by atoms with Crippen LogP contribution < -0.4 is 0 Å². The molecule has 0 unspecified atom stereocenters. The van der Waals surface area contributed by atoms with Crippen molar-refractivity contribution in [3.05, 3.63) is 23.3 Å². The van der Waals surface area contributed by atoms with Gasteiger partial charge in [0.05, 0.1) is 6.04 Å². The summed E-state index contributed by atoms with van der Waals surface area (Å²) in [5.41, 5.74) is 0.125. The lowest BCUT2D eigenvalue weighted by Crippen LogP contribution is -2.44. The molecule has 3 aliphatic rings. The van der Waals surface area contributed by atoms with Crippen molar-refractivity contribution in [2.75, 3.05) is 19.7 Å². The number of carbonyl (C=O) groups excluding carboxylic acids is 2. The average Bonchev–Trinajstić information content (AvgIpc) is 3.06. The number of hydrogen-bond acceptors (Lipinski definition) is 6. The molecular weight excluding hydrogens is 310 g/mol. The first-order chi connectivity index (χ1) is 11.3. The molecule has 132 valence electrons. The molecule has 0 spiro atoms. The number of ether oxygens (including phenoxy) is 2. The van der Waals surface area contributed by atoms with E-state index in [1.807, 2.05) is 6.08 Å². The summed E-state index contributed by atoms with van der Waals surface area (Å²) >= 11 is 0. The lowest BCUT2D eigenvalue weighted by atomic mass is 9.85.